The van der Waals surface area contributed by atoms with Gasteiger partial charge < -0.3 is 10.2 Å². The first-order valence-corrected chi connectivity index (χ1v) is 4.73. The predicted molar refractivity (Wildman–Crippen MR) is 53.2 cm³/mol. The van der Waals surface area contributed by atoms with E-state index in [9.17, 15) is 0 Å². The summed E-state index contributed by atoms with van der Waals surface area (Å²) >= 11 is 3.30. The highest BCUT2D eigenvalue weighted by Crippen LogP contribution is 2.29. The summed E-state index contributed by atoms with van der Waals surface area (Å²) in [6.45, 7) is 6.77. The van der Waals surface area contributed by atoms with Crippen molar-refractivity contribution in [3.8, 4) is 0 Å². The second kappa shape index (κ2) is 3.23. The molecule has 0 aliphatic rings. The zero-order valence-electron chi connectivity index (χ0n) is 7.65. The summed E-state index contributed by atoms with van der Waals surface area (Å²) in [7, 11) is 0. The normalized spacial score (nSPS) is 12.1. The molecule has 0 aromatic carbocycles. The van der Waals surface area contributed by atoms with Gasteiger partial charge in [0.25, 0.3) is 0 Å². The summed E-state index contributed by atoms with van der Waals surface area (Å²) in [4.78, 5) is 0. The fourth-order valence-electron chi connectivity index (χ4n) is 1.21. The van der Waals surface area contributed by atoms with E-state index in [2.05, 4.69) is 29.8 Å². The quantitative estimate of drug-likeness (QED) is 0.851. The molecule has 2 N–H and O–H groups in total. The van der Waals surface area contributed by atoms with Crippen LogP contribution in [0.1, 0.15) is 25.2 Å². The molecule has 0 radical (unpaired) electrons. The van der Waals surface area contributed by atoms with Crippen LogP contribution < -0.4 is 5.73 Å². The molecule has 0 unspecified atom stereocenters. The van der Waals surface area contributed by atoms with Gasteiger partial charge in [0.1, 0.15) is 5.76 Å². The zero-order valence-corrected chi connectivity index (χ0v) is 9.23. The van der Waals surface area contributed by atoms with Crippen molar-refractivity contribution in [3.63, 3.8) is 0 Å². The van der Waals surface area contributed by atoms with Gasteiger partial charge in [0.05, 0.1) is 0 Å². The Kier molecular flexibility index (Phi) is 2.64. The molecule has 1 aromatic rings. The minimum Gasteiger partial charge on any atom is -0.453 e. The summed E-state index contributed by atoms with van der Waals surface area (Å²) in [5.74, 6) is 0.969. The van der Waals surface area contributed by atoms with E-state index in [0.29, 0.717) is 6.54 Å². The van der Waals surface area contributed by atoms with Crippen molar-refractivity contribution in [3.05, 3.63) is 22.1 Å². The lowest BCUT2D eigenvalue weighted by atomic mass is 9.88. The predicted octanol–water partition coefficient (Wildman–Crippen LogP) is 2.59. The van der Waals surface area contributed by atoms with E-state index in [1.807, 2.05) is 13.0 Å². The van der Waals surface area contributed by atoms with Crippen LogP contribution in [0.3, 0.4) is 0 Å². The fourth-order valence-corrected chi connectivity index (χ4v) is 1.71. The molecule has 1 rings (SSSR count). The maximum Gasteiger partial charge on any atom is 0.169 e. The average molecular weight is 232 g/mol. The van der Waals surface area contributed by atoms with Crippen molar-refractivity contribution < 1.29 is 4.42 Å². The molecule has 3 heteroatoms. The third kappa shape index (κ3) is 1.72. The van der Waals surface area contributed by atoms with Gasteiger partial charge in [-0.3, -0.25) is 0 Å². The van der Waals surface area contributed by atoms with Crippen LogP contribution in [0.15, 0.2) is 15.2 Å². The van der Waals surface area contributed by atoms with Crippen molar-refractivity contribution in [1.82, 2.24) is 0 Å². The van der Waals surface area contributed by atoms with Crippen LogP contribution in [0.5, 0.6) is 0 Å². The molecule has 68 valence electrons. The molecule has 1 aromatic heterocycles. The molecule has 0 aliphatic carbocycles. The molecule has 0 aliphatic heterocycles. The molecule has 0 atom stereocenters. The van der Waals surface area contributed by atoms with Crippen molar-refractivity contribution in [2.24, 2.45) is 5.73 Å². The summed E-state index contributed by atoms with van der Waals surface area (Å²) in [6.07, 6.45) is 0. The largest absolute Gasteiger partial charge is 0.453 e. The first-order valence-electron chi connectivity index (χ1n) is 3.94. The van der Waals surface area contributed by atoms with Crippen LogP contribution in [0.4, 0.5) is 0 Å². The lowest BCUT2D eigenvalue weighted by Crippen LogP contribution is -2.28. The summed E-state index contributed by atoms with van der Waals surface area (Å²) in [6, 6.07) is 1.97. The van der Waals surface area contributed by atoms with Gasteiger partial charge in [-0.05, 0) is 34.5 Å². The second-order valence-electron chi connectivity index (χ2n) is 3.65. The van der Waals surface area contributed by atoms with Gasteiger partial charge in [-0.2, -0.15) is 0 Å². The third-order valence-corrected chi connectivity index (χ3v) is 2.40. The molecule has 0 amide bonds. The number of hydrogen-bond donors (Lipinski definition) is 1. The van der Waals surface area contributed by atoms with Gasteiger partial charge >= 0.3 is 0 Å². The zero-order chi connectivity index (χ0) is 9.35. The Morgan fingerprint density at radius 2 is 2.17 bits per heavy atom. The van der Waals surface area contributed by atoms with E-state index in [1.54, 1.807) is 0 Å². The summed E-state index contributed by atoms with van der Waals surface area (Å²) < 4.78 is 6.28. The summed E-state index contributed by atoms with van der Waals surface area (Å²) in [5.41, 5.74) is 6.72. The molecule has 0 saturated heterocycles. The maximum atomic E-state index is 5.64. The standard InChI is InChI=1S/C9H14BrNO/c1-6-4-7(10)12-8(6)9(2,3)5-11/h4H,5,11H2,1-3H3. The van der Waals surface area contributed by atoms with Gasteiger partial charge in [0, 0.05) is 12.0 Å². The Bertz CT molecular complexity index is 278. The maximum absolute atomic E-state index is 5.64. The highest BCUT2D eigenvalue weighted by molar-refractivity contribution is 9.10. The molecule has 0 spiro atoms. The second-order valence-corrected chi connectivity index (χ2v) is 4.43. The molecule has 0 fully saturated rings. The summed E-state index contributed by atoms with van der Waals surface area (Å²) in [5, 5.41) is 0. The van der Waals surface area contributed by atoms with Crippen molar-refractivity contribution in [2.45, 2.75) is 26.2 Å². The van der Waals surface area contributed by atoms with Crippen LogP contribution in [-0.4, -0.2) is 6.54 Å². The van der Waals surface area contributed by atoms with E-state index >= 15 is 0 Å². The number of halogens is 1. The van der Waals surface area contributed by atoms with Gasteiger partial charge in [0.2, 0.25) is 0 Å². The smallest absolute Gasteiger partial charge is 0.169 e. The lowest BCUT2D eigenvalue weighted by molar-refractivity contribution is 0.378. The van der Waals surface area contributed by atoms with E-state index in [-0.39, 0.29) is 5.41 Å². The Labute approximate surface area is 81.3 Å². The lowest BCUT2D eigenvalue weighted by Gasteiger charge is -2.20. The Hall–Kier alpha value is -0.280. The topological polar surface area (TPSA) is 39.2 Å². The third-order valence-electron chi connectivity index (χ3n) is 2.01. The van der Waals surface area contributed by atoms with Crippen LogP contribution in [-0.2, 0) is 5.41 Å². The van der Waals surface area contributed by atoms with Gasteiger partial charge in [-0.25, -0.2) is 0 Å². The number of aryl methyl sites for hydroxylation is 1. The number of rotatable bonds is 2. The number of nitrogens with two attached hydrogens (primary N) is 1. The van der Waals surface area contributed by atoms with E-state index in [0.717, 1.165) is 16.0 Å². The molecular weight excluding hydrogens is 218 g/mol. The first-order chi connectivity index (χ1) is 5.47. The van der Waals surface area contributed by atoms with Crippen LogP contribution in [0.25, 0.3) is 0 Å². The minimum absolute atomic E-state index is 0.0733. The van der Waals surface area contributed by atoms with E-state index in [1.165, 1.54) is 0 Å². The van der Waals surface area contributed by atoms with Crippen molar-refractivity contribution >= 4 is 15.9 Å². The molecule has 2 nitrogen and oxygen atoms in total. The minimum atomic E-state index is -0.0733. The number of hydrogen-bond acceptors (Lipinski definition) is 2. The molecular formula is C9H14BrNO. The molecule has 0 saturated carbocycles. The SMILES string of the molecule is Cc1cc(Br)oc1C(C)(C)CN. The van der Waals surface area contributed by atoms with Crippen molar-refractivity contribution in [1.29, 1.82) is 0 Å². The molecule has 1 heterocycles. The first kappa shape index (κ1) is 9.81. The Balaban J connectivity index is 3.09. The highest BCUT2D eigenvalue weighted by atomic mass is 79.9. The number of furan rings is 1. The van der Waals surface area contributed by atoms with Crippen LogP contribution in [0, 0.1) is 6.92 Å². The van der Waals surface area contributed by atoms with Gasteiger partial charge in [0.15, 0.2) is 4.67 Å². The molecule has 0 bridgehead atoms. The van der Waals surface area contributed by atoms with Gasteiger partial charge in [-0.15, -0.1) is 0 Å². The van der Waals surface area contributed by atoms with E-state index in [4.69, 9.17) is 10.2 Å². The van der Waals surface area contributed by atoms with Crippen LogP contribution in [0.2, 0.25) is 0 Å². The fraction of sp³-hybridized carbons (Fsp3) is 0.556. The highest BCUT2D eigenvalue weighted by Gasteiger charge is 2.24. The van der Waals surface area contributed by atoms with Crippen LogP contribution >= 0.6 is 15.9 Å². The molecule has 12 heavy (non-hydrogen) atoms. The average Bonchev–Trinajstić information content (AvgIpc) is 2.31. The Morgan fingerprint density at radius 1 is 1.58 bits per heavy atom. The Morgan fingerprint density at radius 3 is 2.50 bits per heavy atom. The monoisotopic (exact) mass is 231 g/mol. The van der Waals surface area contributed by atoms with Crippen molar-refractivity contribution in [2.75, 3.05) is 6.54 Å². The van der Waals surface area contributed by atoms with Gasteiger partial charge in [-0.1, -0.05) is 13.8 Å². The van der Waals surface area contributed by atoms with E-state index < -0.39 is 0 Å².